The van der Waals surface area contributed by atoms with Crippen molar-refractivity contribution in [3.8, 4) is 0 Å². The lowest BCUT2D eigenvalue weighted by atomic mass is 10.2. The molecular weight excluding hydrogens is 332 g/mol. The van der Waals surface area contributed by atoms with Gasteiger partial charge in [0.1, 0.15) is 12.0 Å². The molecule has 0 atom stereocenters. The highest BCUT2D eigenvalue weighted by Crippen LogP contribution is 2.20. The van der Waals surface area contributed by atoms with Crippen molar-refractivity contribution in [1.82, 2.24) is 24.6 Å². The monoisotopic (exact) mass is 344 g/mol. The number of carbonyl (C=O) groups is 1. The zero-order chi connectivity index (χ0) is 16.7. The van der Waals surface area contributed by atoms with Crippen LogP contribution in [0.15, 0.2) is 35.5 Å². The first-order chi connectivity index (χ1) is 11.6. The summed E-state index contributed by atoms with van der Waals surface area (Å²) in [6.07, 6.45) is 3.10. The van der Waals surface area contributed by atoms with Crippen LogP contribution in [0, 0.1) is 0 Å². The van der Waals surface area contributed by atoms with Gasteiger partial charge in [-0.2, -0.15) is 0 Å². The molecule has 9 heteroatoms. The van der Waals surface area contributed by atoms with Gasteiger partial charge in [-0.05, 0) is 12.1 Å². The maximum absolute atomic E-state index is 12.5. The lowest BCUT2D eigenvalue weighted by Gasteiger charge is -2.27. The van der Waals surface area contributed by atoms with Gasteiger partial charge in [-0.3, -0.25) is 4.79 Å². The Kier molecular flexibility index (Phi) is 3.46. The Morgan fingerprint density at radius 2 is 2.21 bits per heavy atom. The van der Waals surface area contributed by atoms with Crippen LogP contribution in [0.25, 0.3) is 10.9 Å². The van der Waals surface area contributed by atoms with E-state index in [1.54, 1.807) is 29.4 Å². The van der Waals surface area contributed by atoms with E-state index in [-0.39, 0.29) is 17.1 Å². The van der Waals surface area contributed by atoms with E-state index in [1.807, 2.05) is 4.57 Å². The van der Waals surface area contributed by atoms with E-state index in [9.17, 15) is 9.59 Å². The number of nitrogens with one attached hydrogen (secondary N) is 2. The number of aromatic amines is 1. The molecule has 0 radical (unpaired) electrons. The SMILES string of the molecule is O=C(Nc1c[nH]c2c(Cl)cccc2c1=O)N1CCn2cnnc2C1. The van der Waals surface area contributed by atoms with Gasteiger partial charge in [0.25, 0.3) is 0 Å². The highest BCUT2D eigenvalue weighted by atomic mass is 35.5. The second-order valence-electron chi connectivity index (χ2n) is 5.49. The Balaban J connectivity index is 1.60. The minimum absolute atomic E-state index is 0.182. The van der Waals surface area contributed by atoms with E-state index >= 15 is 0 Å². The first kappa shape index (κ1) is 14.7. The molecule has 2 amide bonds. The summed E-state index contributed by atoms with van der Waals surface area (Å²) in [6, 6.07) is 4.71. The normalized spacial score (nSPS) is 13.8. The molecule has 8 nitrogen and oxygen atoms in total. The molecule has 2 N–H and O–H groups in total. The van der Waals surface area contributed by atoms with E-state index in [2.05, 4.69) is 20.5 Å². The first-order valence-corrected chi connectivity index (χ1v) is 7.74. The van der Waals surface area contributed by atoms with Gasteiger partial charge >= 0.3 is 6.03 Å². The third-order valence-corrected chi connectivity index (χ3v) is 4.35. The molecule has 3 heterocycles. The fourth-order valence-electron chi connectivity index (χ4n) is 2.74. The maximum atomic E-state index is 12.5. The molecule has 1 aliphatic rings. The van der Waals surface area contributed by atoms with Crippen molar-refractivity contribution in [1.29, 1.82) is 0 Å². The molecule has 2 aromatic heterocycles. The topological polar surface area (TPSA) is 95.9 Å². The smallest absolute Gasteiger partial charge is 0.322 e. The third-order valence-electron chi connectivity index (χ3n) is 4.03. The van der Waals surface area contributed by atoms with Gasteiger partial charge in [-0.1, -0.05) is 17.7 Å². The number of pyridine rings is 1. The number of anilines is 1. The van der Waals surface area contributed by atoms with Crippen molar-refractivity contribution >= 4 is 34.2 Å². The minimum atomic E-state index is -0.351. The third kappa shape index (κ3) is 2.41. The average Bonchev–Trinajstić information content (AvgIpc) is 3.05. The largest absolute Gasteiger partial charge is 0.358 e. The van der Waals surface area contributed by atoms with Gasteiger partial charge in [-0.15, -0.1) is 10.2 Å². The molecular formula is C15H13ClN6O2. The van der Waals surface area contributed by atoms with Gasteiger partial charge in [-0.25, -0.2) is 4.79 Å². The fraction of sp³-hybridized carbons (Fsp3) is 0.200. The quantitative estimate of drug-likeness (QED) is 0.703. The van der Waals surface area contributed by atoms with Gasteiger partial charge in [0.05, 0.1) is 17.1 Å². The highest BCUT2D eigenvalue weighted by Gasteiger charge is 2.22. The van der Waals surface area contributed by atoms with Gasteiger partial charge < -0.3 is 19.8 Å². The standard InChI is InChI=1S/C15H13ClN6O2/c16-10-3-1-2-9-13(10)17-6-11(14(9)23)19-15(24)21-4-5-22-8-18-20-12(22)7-21/h1-3,6,8H,4-5,7H2,(H,17,23)(H,19,24). The molecule has 0 spiro atoms. The molecule has 122 valence electrons. The van der Waals surface area contributed by atoms with Crippen LogP contribution in [-0.2, 0) is 13.1 Å². The number of benzene rings is 1. The van der Waals surface area contributed by atoms with Gasteiger partial charge in [0, 0.05) is 24.7 Å². The van der Waals surface area contributed by atoms with Crippen LogP contribution in [0.4, 0.5) is 10.5 Å². The zero-order valence-electron chi connectivity index (χ0n) is 12.5. The van der Waals surface area contributed by atoms with Gasteiger partial charge in [0.2, 0.25) is 5.43 Å². The Morgan fingerprint density at radius 3 is 3.08 bits per heavy atom. The molecule has 24 heavy (non-hydrogen) atoms. The van der Waals surface area contributed by atoms with Crippen LogP contribution < -0.4 is 10.7 Å². The van der Waals surface area contributed by atoms with E-state index in [0.717, 1.165) is 5.82 Å². The number of amides is 2. The Hall–Kier alpha value is -2.87. The lowest BCUT2D eigenvalue weighted by molar-refractivity contribution is 0.195. The molecule has 1 aliphatic heterocycles. The maximum Gasteiger partial charge on any atom is 0.322 e. The summed E-state index contributed by atoms with van der Waals surface area (Å²) in [5, 5.41) is 11.3. The minimum Gasteiger partial charge on any atom is -0.358 e. The molecule has 4 rings (SSSR count). The number of hydrogen-bond acceptors (Lipinski definition) is 4. The number of halogens is 1. The number of fused-ring (bicyclic) bond motifs is 2. The van der Waals surface area contributed by atoms with Crippen LogP contribution in [-0.4, -0.2) is 37.2 Å². The second-order valence-corrected chi connectivity index (χ2v) is 5.89. The van der Waals surface area contributed by atoms with Crippen molar-refractivity contribution in [3.05, 3.63) is 51.8 Å². The van der Waals surface area contributed by atoms with Gasteiger partial charge in [0.15, 0.2) is 5.82 Å². The van der Waals surface area contributed by atoms with Crippen molar-refractivity contribution < 1.29 is 4.79 Å². The van der Waals surface area contributed by atoms with Crippen LogP contribution in [0.3, 0.4) is 0 Å². The molecule has 0 bridgehead atoms. The second kappa shape index (κ2) is 5.64. The Morgan fingerprint density at radius 1 is 1.33 bits per heavy atom. The van der Waals surface area contributed by atoms with E-state index in [4.69, 9.17) is 11.6 Å². The van der Waals surface area contributed by atoms with Crippen LogP contribution in [0.5, 0.6) is 0 Å². The van der Waals surface area contributed by atoms with Crippen molar-refractivity contribution in [2.75, 3.05) is 11.9 Å². The molecule has 0 aliphatic carbocycles. The summed E-state index contributed by atoms with van der Waals surface area (Å²) < 4.78 is 1.90. The summed E-state index contributed by atoms with van der Waals surface area (Å²) in [5.74, 6) is 0.718. The lowest BCUT2D eigenvalue weighted by Crippen LogP contribution is -2.41. The van der Waals surface area contributed by atoms with Crippen LogP contribution in [0.1, 0.15) is 5.82 Å². The highest BCUT2D eigenvalue weighted by molar-refractivity contribution is 6.35. The summed E-state index contributed by atoms with van der Waals surface area (Å²) >= 11 is 6.07. The Labute approximate surface area is 141 Å². The molecule has 0 saturated heterocycles. The fourth-order valence-corrected chi connectivity index (χ4v) is 2.97. The van der Waals surface area contributed by atoms with E-state index < -0.39 is 0 Å². The summed E-state index contributed by atoms with van der Waals surface area (Å²) in [4.78, 5) is 29.5. The number of hydrogen-bond donors (Lipinski definition) is 2. The predicted octanol–water partition coefficient (Wildman–Crippen LogP) is 1.82. The summed E-state index contributed by atoms with van der Waals surface area (Å²) in [7, 11) is 0. The van der Waals surface area contributed by atoms with Crippen molar-refractivity contribution in [2.24, 2.45) is 0 Å². The van der Waals surface area contributed by atoms with E-state index in [0.29, 0.717) is 35.6 Å². The van der Waals surface area contributed by atoms with Crippen molar-refractivity contribution in [3.63, 3.8) is 0 Å². The molecule has 0 saturated carbocycles. The van der Waals surface area contributed by atoms with E-state index in [1.165, 1.54) is 6.20 Å². The molecule has 1 aromatic carbocycles. The number of aromatic nitrogens is 4. The number of rotatable bonds is 1. The average molecular weight is 345 g/mol. The number of urea groups is 1. The number of H-pyrrole nitrogens is 1. The molecule has 0 fully saturated rings. The number of nitrogens with zero attached hydrogens (tertiary/aromatic N) is 4. The van der Waals surface area contributed by atoms with Crippen LogP contribution >= 0.6 is 11.6 Å². The predicted molar refractivity (Wildman–Crippen MR) is 89.0 cm³/mol. The van der Waals surface area contributed by atoms with Crippen molar-refractivity contribution in [2.45, 2.75) is 13.1 Å². The zero-order valence-corrected chi connectivity index (χ0v) is 13.2. The number of carbonyl (C=O) groups excluding carboxylic acids is 1. The first-order valence-electron chi connectivity index (χ1n) is 7.36. The summed E-state index contributed by atoms with van der Waals surface area (Å²) in [6.45, 7) is 1.50. The number of para-hydroxylation sites is 1. The Bertz CT molecular complexity index is 995. The summed E-state index contributed by atoms with van der Waals surface area (Å²) in [5.41, 5.74) is 0.454. The molecule has 3 aromatic rings. The molecule has 0 unspecified atom stereocenters. The van der Waals surface area contributed by atoms with Crippen LogP contribution in [0.2, 0.25) is 5.02 Å².